The van der Waals surface area contributed by atoms with E-state index in [4.69, 9.17) is 0 Å². The minimum Gasteiger partial charge on any atom is -0.378 e. The number of H-pyrrole nitrogens is 1. The fraction of sp³-hybridized carbons (Fsp3) is 0.524. The van der Waals surface area contributed by atoms with Gasteiger partial charge in [-0.05, 0) is 64.4 Å². The summed E-state index contributed by atoms with van der Waals surface area (Å²) in [7, 11) is 0. The summed E-state index contributed by atoms with van der Waals surface area (Å²) in [6.07, 6.45) is 2.03. The first kappa shape index (κ1) is 19.4. The van der Waals surface area contributed by atoms with Crippen molar-refractivity contribution in [3.05, 3.63) is 51.7 Å². The smallest absolute Gasteiger partial charge is 0.343 e. The maximum atomic E-state index is 11.8. The third kappa shape index (κ3) is 5.09. The SMILES string of the molecule is CCn1c(C2CCN(Cc3ccc(C#CC(C)(C)O)cc3)CC2)n[nH]c1=O. The summed E-state index contributed by atoms with van der Waals surface area (Å²) in [6.45, 7) is 8.90. The van der Waals surface area contributed by atoms with E-state index < -0.39 is 5.60 Å². The van der Waals surface area contributed by atoms with Gasteiger partial charge in [-0.15, -0.1) is 0 Å². The molecule has 0 atom stereocenters. The van der Waals surface area contributed by atoms with Crippen molar-refractivity contribution in [2.75, 3.05) is 13.1 Å². The number of rotatable bonds is 4. The van der Waals surface area contributed by atoms with Crippen LogP contribution in [0.4, 0.5) is 0 Å². The molecule has 144 valence electrons. The molecule has 0 spiro atoms. The van der Waals surface area contributed by atoms with Crippen molar-refractivity contribution in [3.8, 4) is 11.8 Å². The Hall–Kier alpha value is -2.36. The minimum atomic E-state index is -0.972. The number of nitrogens with zero attached hydrogens (tertiary/aromatic N) is 3. The number of benzene rings is 1. The first-order chi connectivity index (χ1) is 12.9. The van der Waals surface area contributed by atoms with Crippen LogP contribution in [0.3, 0.4) is 0 Å². The van der Waals surface area contributed by atoms with Gasteiger partial charge in [0.2, 0.25) is 0 Å². The number of aromatic amines is 1. The van der Waals surface area contributed by atoms with Gasteiger partial charge in [-0.25, -0.2) is 9.89 Å². The van der Waals surface area contributed by atoms with E-state index in [2.05, 4.69) is 39.1 Å². The highest BCUT2D eigenvalue weighted by atomic mass is 16.3. The number of likely N-dealkylation sites (tertiary alicyclic amines) is 1. The molecule has 1 aromatic heterocycles. The third-order valence-corrected chi connectivity index (χ3v) is 4.93. The first-order valence-electron chi connectivity index (χ1n) is 9.57. The van der Waals surface area contributed by atoms with E-state index >= 15 is 0 Å². The van der Waals surface area contributed by atoms with Crippen molar-refractivity contribution in [2.45, 2.75) is 58.2 Å². The molecule has 0 aliphatic carbocycles. The van der Waals surface area contributed by atoms with Gasteiger partial charge in [-0.2, -0.15) is 5.10 Å². The maximum Gasteiger partial charge on any atom is 0.343 e. The van der Waals surface area contributed by atoms with Gasteiger partial charge in [0.05, 0.1) is 0 Å². The highest BCUT2D eigenvalue weighted by Gasteiger charge is 2.25. The lowest BCUT2D eigenvalue weighted by Crippen LogP contribution is -2.33. The van der Waals surface area contributed by atoms with Gasteiger partial charge in [-0.1, -0.05) is 24.0 Å². The average molecular weight is 368 g/mol. The van der Waals surface area contributed by atoms with Gasteiger partial charge < -0.3 is 5.11 Å². The molecule has 2 N–H and O–H groups in total. The zero-order valence-electron chi connectivity index (χ0n) is 16.3. The normalized spacial score (nSPS) is 16.1. The first-order valence-corrected chi connectivity index (χ1v) is 9.57. The number of piperidine rings is 1. The lowest BCUT2D eigenvalue weighted by Gasteiger charge is -2.31. The van der Waals surface area contributed by atoms with Gasteiger partial charge in [0.25, 0.3) is 0 Å². The molecule has 2 aromatic rings. The monoisotopic (exact) mass is 368 g/mol. The van der Waals surface area contributed by atoms with Crippen molar-refractivity contribution >= 4 is 0 Å². The van der Waals surface area contributed by atoms with Crippen molar-refractivity contribution in [3.63, 3.8) is 0 Å². The zero-order valence-corrected chi connectivity index (χ0v) is 16.3. The van der Waals surface area contributed by atoms with E-state index in [0.29, 0.717) is 12.5 Å². The molecule has 6 nitrogen and oxygen atoms in total. The number of hydrogen-bond donors (Lipinski definition) is 2. The Morgan fingerprint density at radius 3 is 2.52 bits per heavy atom. The van der Waals surface area contributed by atoms with Crippen LogP contribution >= 0.6 is 0 Å². The molecular weight excluding hydrogens is 340 g/mol. The van der Waals surface area contributed by atoms with Crippen LogP contribution < -0.4 is 5.69 Å². The highest BCUT2D eigenvalue weighted by molar-refractivity contribution is 5.37. The van der Waals surface area contributed by atoms with Crippen LogP contribution in [0.25, 0.3) is 0 Å². The van der Waals surface area contributed by atoms with Gasteiger partial charge in [0, 0.05) is 24.6 Å². The number of aromatic nitrogens is 3. The van der Waals surface area contributed by atoms with Crippen molar-refractivity contribution < 1.29 is 5.11 Å². The molecule has 0 bridgehead atoms. The molecule has 0 saturated carbocycles. The number of nitrogens with one attached hydrogen (secondary N) is 1. The fourth-order valence-corrected chi connectivity index (χ4v) is 3.47. The third-order valence-electron chi connectivity index (χ3n) is 4.93. The second-order valence-corrected chi connectivity index (χ2v) is 7.69. The molecule has 6 heteroatoms. The van der Waals surface area contributed by atoms with Crippen LogP contribution in [0.2, 0.25) is 0 Å². The van der Waals surface area contributed by atoms with Crippen LogP contribution in [0.5, 0.6) is 0 Å². The molecule has 0 radical (unpaired) electrons. The molecule has 27 heavy (non-hydrogen) atoms. The van der Waals surface area contributed by atoms with Crippen molar-refractivity contribution in [1.29, 1.82) is 0 Å². The Labute approximate surface area is 160 Å². The van der Waals surface area contributed by atoms with Gasteiger partial charge in [-0.3, -0.25) is 9.47 Å². The van der Waals surface area contributed by atoms with Crippen molar-refractivity contribution in [1.82, 2.24) is 19.7 Å². The molecule has 0 amide bonds. The summed E-state index contributed by atoms with van der Waals surface area (Å²) in [6, 6.07) is 8.21. The summed E-state index contributed by atoms with van der Waals surface area (Å²) >= 11 is 0. The van der Waals surface area contributed by atoms with E-state index in [0.717, 1.165) is 43.9 Å². The van der Waals surface area contributed by atoms with Gasteiger partial charge in [0.15, 0.2) is 0 Å². The Kier molecular flexibility index (Phi) is 5.83. The number of hydrogen-bond acceptors (Lipinski definition) is 4. The van der Waals surface area contributed by atoms with Crippen LogP contribution in [-0.4, -0.2) is 43.5 Å². The molecule has 1 fully saturated rings. The maximum absolute atomic E-state index is 11.8. The molecule has 1 aliphatic heterocycles. The minimum absolute atomic E-state index is 0.109. The van der Waals surface area contributed by atoms with E-state index in [1.165, 1.54) is 5.56 Å². The molecular formula is C21H28N4O2. The lowest BCUT2D eigenvalue weighted by molar-refractivity contribution is 0.143. The molecule has 1 aliphatic rings. The topological polar surface area (TPSA) is 74.2 Å². The van der Waals surface area contributed by atoms with E-state index in [9.17, 15) is 9.90 Å². The molecule has 1 saturated heterocycles. The van der Waals surface area contributed by atoms with Gasteiger partial charge in [0.1, 0.15) is 11.4 Å². The molecule has 3 rings (SSSR count). The van der Waals surface area contributed by atoms with Crippen molar-refractivity contribution in [2.24, 2.45) is 0 Å². The standard InChI is InChI=1S/C21H28N4O2/c1-4-25-19(22-23-20(25)26)18-10-13-24(14-11-18)15-17-7-5-16(6-8-17)9-12-21(2,3)27/h5-8,18,27H,4,10-11,13-15H2,1-3H3,(H,23,26). The number of aliphatic hydroxyl groups is 1. The van der Waals surface area contributed by atoms with E-state index in [1.807, 2.05) is 19.1 Å². The van der Waals surface area contributed by atoms with Crippen LogP contribution in [0.1, 0.15) is 56.5 Å². The van der Waals surface area contributed by atoms with E-state index in [-0.39, 0.29) is 5.69 Å². The molecule has 2 heterocycles. The summed E-state index contributed by atoms with van der Waals surface area (Å²) in [5.74, 6) is 7.08. The summed E-state index contributed by atoms with van der Waals surface area (Å²) in [5, 5.41) is 16.5. The van der Waals surface area contributed by atoms with Crippen LogP contribution in [-0.2, 0) is 13.1 Å². The predicted molar refractivity (Wildman–Crippen MR) is 105 cm³/mol. The Balaban J connectivity index is 1.56. The second kappa shape index (κ2) is 8.12. The summed E-state index contributed by atoms with van der Waals surface area (Å²) in [5.41, 5.74) is 1.09. The predicted octanol–water partition coefficient (Wildman–Crippen LogP) is 2.09. The zero-order chi connectivity index (χ0) is 19.4. The Morgan fingerprint density at radius 1 is 1.26 bits per heavy atom. The highest BCUT2D eigenvalue weighted by Crippen LogP contribution is 2.26. The lowest BCUT2D eigenvalue weighted by atomic mass is 9.95. The summed E-state index contributed by atoms with van der Waals surface area (Å²) < 4.78 is 1.74. The Morgan fingerprint density at radius 2 is 1.93 bits per heavy atom. The van der Waals surface area contributed by atoms with E-state index in [1.54, 1.807) is 18.4 Å². The molecule has 1 aromatic carbocycles. The molecule has 0 unspecified atom stereocenters. The van der Waals surface area contributed by atoms with Gasteiger partial charge >= 0.3 is 5.69 Å². The quantitative estimate of drug-likeness (QED) is 0.811. The fourth-order valence-electron chi connectivity index (χ4n) is 3.47. The van der Waals surface area contributed by atoms with Crippen LogP contribution in [0, 0.1) is 11.8 Å². The van der Waals surface area contributed by atoms with Crippen LogP contribution in [0.15, 0.2) is 29.1 Å². The average Bonchev–Trinajstić information content (AvgIpc) is 3.02. The summed E-state index contributed by atoms with van der Waals surface area (Å²) in [4.78, 5) is 14.2. The Bertz CT molecular complexity index is 870. The second-order valence-electron chi connectivity index (χ2n) is 7.69. The largest absolute Gasteiger partial charge is 0.378 e.